The van der Waals surface area contributed by atoms with Gasteiger partial charge in [-0.25, -0.2) is 9.78 Å². The maximum absolute atomic E-state index is 11.3. The number of halogens is 1. The highest BCUT2D eigenvalue weighted by Gasteiger charge is 2.13. The molecule has 0 aliphatic carbocycles. The van der Waals surface area contributed by atoms with E-state index in [9.17, 15) is 4.79 Å². The van der Waals surface area contributed by atoms with Crippen LogP contribution < -0.4 is 0 Å². The lowest BCUT2D eigenvalue weighted by atomic mass is 10.3. The monoisotopic (exact) mass is 222 g/mol. The second kappa shape index (κ2) is 3.82. The van der Waals surface area contributed by atoms with E-state index < -0.39 is 5.97 Å². The van der Waals surface area contributed by atoms with Crippen LogP contribution in [0.25, 0.3) is 11.0 Å². The summed E-state index contributed by atoms with van der Waals surface area (Å²) in [6.07, 6.45) is 1.64. The van der Waals surface area contributed by atoms with E-state index in [0.717, 1.165) is 0 Å². The Morgan fingerprint density at radius 1 is 1.47 bits per heavy atom. The van der Waals surface area contributed by atoms with Crippen molar-refractivity contribution in [1.82, 2.24) is 9.97 Å². The SMILES string of the molecule is COC(=O)c1nc2cccnc2cc1Cl. The van der Waals surface area contributed by atoms with Crippen molar-refractivity contribution in [3.8, 4) is 0 Å². The Morgan fingerprint density at radius 2 is 2.27 bits per heavy atom. The van der Waals surface area contributed by atoms with Gasteiger partial charge in [0, 0.05) is 6.20 Å². The number of ether oxygens (including phenoxy) is 1. The second-order valence-electron chi connectivity index (χ2n) is 2.85. The molecule has 0 N–H and O–H groups in total. The number of aromatic nitrogens is 2. The van der Waals surface area contributed by atoms with Gasteiger partial charge in [0.25, 0.3) is 0 Å². The zero-order valence-corrected chi connectivity index (χ0v) is 8.65. The molecule has 0 saturated carbocycles. The molecule has 0 radical (unpaired) electrons. The van der Waals surface area contributed by atoms with Crippen LogP contribution in [-0.2, 0) is 4.74 Å². The number of pyridine rings is 2. The molecule has 2 aromatic rings. The van der Waals surface area contributed by atoms with Gasteiger partial charge in [0.2, 0.25) is 0 Å². The average Bonchev–Trinajstić information content (AvgIpc) is 2.27. The zero-order valence-electron chi connectivity index (χ0n) is 7.90. The Balaban J connectivity index is 2.67. The van der Waals surface area contributed by atoms with E-state index in [-0.39, 0.29) is 10.7 Å². The molecule has 0 amide bonds. The van der Waals surface area contributed by atoms with Crippen LogP contribution in [0, 0.1) is 0 Å². The van der Waals surface area contributed by atoms with E-state index in [2.05, 4.69) is 14.7 Å². The van der Waals surface area contributed by atoms with Crippen molar-refractivity contribution in [2.75, 3.05) is 7.11 Å². The largest absolute Gasteiger partial charge is 0.464 e. The highest BCUT2D eigenvalue weighted by Crippen LogP contribution is 2.19. The average molecular weight is 223 g/mol. The topological polar surface area (TPSA) is 52.1 Å². The summed E-state index contributed by atoms with van der Waals surface area (Å²) in [6, 6.07) is 5.09. The fraction of sp³-hybridized carbons (Fsp3) is 0.100. The Morgan fingerprint density at radius 3 is 3.00 bits per heavy atom. The molecule has 0 aromatic carbocycles. The predicted molar refractivity (Wildman–Crippen MR) is 55.9 cm³/mol. The lowest BCUT2D eigenvalue weighted by molar-refractivity contribution is 0.0595. The molecule has 0 aliphatic heterocycles. The van der Waals surface area contributed by atoms with Gasteiger partial charge in [-0.05, 0) is 18.2 Å². The highest BCUT2D eigenvalue weighted by atomic mass is 35.5. The van der Waals surface area contributed by atoms with Crippen molar-refractivity contribution >= 4 is 28.6 Å². The van der Waals surface area contributed by atoms with Crippen molar-refractivity contribution < 1.29 is 9.53 Å². The van der Waals surface area contributed by atoms with Crippen molar-refractivity contribution in [3.05, 3.63) is 35.1 Å². The molecule has 0 fully saturated rings. The number of methoxy groups -OCH3 is 1. The molecular weight excluding hydrogens is 216 g/mol. The molecule has 0 saturated heterocycles. The number of rotatable bonds is 1. The molecule has 0 aliphatic rings. The number of carbonyl (C=O) groups excluding carboxylic acids is 1. The maximum atomic E-state index is 11.3. The zero-order chi connectivity index (χ0) is 10.8. The summed E-state index contributed by atoms with van der Waals surface area (Å²) in [5, 5.41) is 0.244. The van der Waals surface area contributed by atoms with Gasteiger partial charge in [-0.2, -0.15) is 0 Å². The summed E-state index contributed by atoms with van der Waals surface area (Å²) in [5.41, 5.74) is 1.37. The van der Waals surface area contributed by atoms with Crippen LogP contribution in [0.2, 0.25) is 5.02 Å². The van der Waals surface area contributed by atoms with Crippen LogP contribution in [-0.4, -0.2) is 23.0 Å². The summed E-state index contributed by atoms with van der Waals surface area (Å²) in [5.74, 6) is -0.550. The van der Waals surface area contributed by atoms with Crippen LogP contribution in [0.15, 0.2) is 24.4 Å². The maximum Gasteiger partial charge on any atom is 0.358 e. The highest BCUT2D eigenvalue weighted by molar-refractivity contribution is 6.33. The first-order valence-corrected chi connectivity index (χ1v) is 4.60. The minimum Gasteiger partial charge on any atom is -0.464 e. The van der Waals surface area contributed by atoms with Gasteiger partial charge >= 0.3 is 5.97 Å². The summed E-state index contributed by atoms with van der Waals surface area (Å²) in [6.45, 7) is 0. The number of fused-ring (bicyclic) bond motifs is 1. The third kappa shape index (κ3) is 1.76. The first-order valence-electron chi connectivity index (χ1n) is 4.22. The first-order chi connectivity index (χ1) is 7.22. The Kier molecular flexibility index (Phi) is 2.51. The molecule has 2 rings (SSSR count). The predicted octanol–water partition coefficient (Wildman–Crippen LogP) is 2.07. The first kappa shape index (κ1) is 9.86. The summed E-state index contributed by atoms with van der Waals surface area (Å²) in [4.78, 5) is 19.4. The lowest BCUT2D eigenvalue weighted by Crippen LogP contribution is -2.05. The van der Waals surface area contributed by atoms with Gasteiger partial charge in [-0.3, -0.25) is 4.98 Å². The third-order valence-electron chi connectivity index (χ3n) is 1.92. The lowest BCUT2D eigenvalue weighted by Gasteiger charge is -2.02. The third-order valence-corrected chi connectivity index (χ3v) is 2.20. The van der Waals surface area contributed by atoms with E-state index in [4.69, 9.17) is 11.6 Å². The van der Waals surface area contributed by atoms with Crippen LogP contribution in [0.1, 0.15) is 10.5 Å². The fourth-order valence-corrected chi connectivity index (χ4v) is 1.44. The number of hydrogen-bond acceptors (Lipinski definition) is 4. The molecule has 0 atom stereocenters. The minimum atomic E-state index is -0.550. The standard InChI is InChI=1S/C10H7ClN2O2/c1-15-10(14)9-6(11)5-8-7(13-9)3-2-4-12-8/h2-5H,1H3. The van der Waals surface area contributed by atoms with Crippen molar-refractivity contribution in [2.24, 2.45) is 0 Å². The van der Waals surface area contributed by atoms with Crippen LogP contribution in [0.4, 0.5) is 0 Å². The van der Waals surface area contributed by atoms with Gasteiger partial charge in [0.1, 0.15) is 0 Å². The van der Waals surface area contributed by atoms with E-state index in [1.54, 1.807) is 24.4 Å². The van der Waals surface area contributed by atoms with E-state index in [1.165, 1.54) is 7.11 Å². The van der Waals surface area contributed by atoms with E-state index in [0.29, 0.717) is 11.0 Å². The quantitative estimate of drug-likeness (QED) is 0.693. The van der Waals surface area contributed by atoms with E-state index >= 15 is 0 Å². The van der Waals surface area contributed by atoms with Crippen LogP contribution >= 0.6 is 11.6 Å². The van der Waals surface area contributed by atoms with Gasteiger partial charge in [-0.1, -0.05) is 11.6 Å². The van der Waals surface area contributed by atoms with E-state index in [1.807, 2.05) is 0 Å². The fourth-order valence-electron chi connectivity index (χ4n) is 1.22. The molecule has 5 heteroatoms. The molecule has 15 heavy (non-hydrogen) atoms. The smallest absolute Gasteiger partial charge is 0.358 e. The number of hydrogen-bond donors (Lipinski definition) is 0. The molecule has 4 nitrogen and oxygen atoms in total. The molecule has 76 valence electrons. The molecule has 2 heterocycles. The Bertz CT molecular complexity index is 528. The van der Waals surface area contributed by atoms with Gasteiger partial charge in [0.05, 0.1) is 23.2 Å². The number of nitrogens with zero attached hydrogens (tertiary/aromatic N) is 2. The molecule has 0 spiro atoms. The molecule has 2 aromatic heterocycles. The summed E-state index contributed by atoms with van der Waals surface area (Å²) >= 11 is 5.87. The van der Waals surface area contributed by atoms with Crippen LogP contribution in [0.3, 0.4) is 0 Å². The molecule has 0 unspecified atom stereocenters. The second-order valence-corrected chi connectivity index (χ2v) is 3.26. The normalized spacial score (nSPS) is 10.3. The molecular formula is C10H7ClN2O2. The van der Waals surface area contributed by atoms with Gasteiger partial charge in [0.15, 0.2) is 5.69 Å². The number of esters is 1. The Labute approximate surface area is 90.9 Å². The number of carbonyl (C=O) groups is 1. The molecule has 0 bridgehead atoms. The van der Waals surface area contributed by atoms with Crippen molar-refractivity contribution in [1.29, 1.82) is 0 Å². The van der Waals surface area contributed by atoms with Gasteiger partial charge in [-0.15, -0.1) is 0 Å². The van der Waals surface area contributed by atoms with Crippen molar-refractivity contribution in [2.45, 2.75) is 0 Å². The minimum absolute atomic E-state index is 0.111. The summed E-state index contributed by atoms with van der Waals surface area (Å²) in [7, 11) is 1.29. The van der Waals surface area contributed by atoms with Crippen LogP contribution in [0.5, 0.6) is 0 Å². The summed E-state index contributed by atoms with van der Waals surface area (Å²) < 4.78 is 4.56. The van der Waals surface area contributed by atoms with Gasteiger partial charge < -0.3 is 4.74 Å². The Hall–Kier alpha value is -1.68. The van der Waals surface area contributed by atoms with Crippen molar-refractivity contribution in [3.63, 3.8) is 0 Å².